The maximum absolute atomic E-state index is 8.91. The summed E-state index contributed by atoms with van der Waals surface area (Å²) in [4.78, 5) is 0. The highest BCUT2D eigenvalue weighted by molar-refractivity contribution is 5.35. The predicted octanol–water partition coefficient (Wildman–Crippen LogP) is 3.51. The Bertz CT molecular complexity index is 537. The standard InChI is InChI=1S/C18H23NO2/c1-2-11-19-14-16-4-3-5-18(13-16)21-17-8-6-15(7-9-17)10-12-20/h3-9,13,19-20H,2,10-12,14H2,1H3. The van der Waals surface area contributed by atoms with Crippen LogP contribution in [0.5, 0.6) is 11.5 Å². The van der Waals surface area contributed by atoms with E-state index in [1.807, 2.05) is 36.4 Å². The van der Waals surface area contributed by atoms with Gasteiger partial charge in [0.1, 0.15) is 11.5 Å². The van der Waals surface area contributed by atoms with E-state index in [-0.39, 0.29) is 6.61 Å². The maximum atomic E-state index is 8.91. The quantitative estimate of drug-likeness (QED) is 0.729. The van der Waals surface area contributed by atoms with Crippen molar-refractivity contribution < 1.29 is 9.84 Å². The van der Waals surface area contributed by atoms with Crippen LogP contribution in [-0.2, 0) is 13.0 Å². The van der Waals surface area contributed by atoms with Crippen LogP contribution in [0.15, 0.2) is 48.5 Å². The number of aliphatic hydroxyl groups is 1. The minimum atomic E-state index is 0.174. The van der Waals surface area contributed by atoms with Gasteiger partial charge in [0.05, 0.1) is 0 Å². The highest BCUT2D eigenvalue weighted by Crippen LogP contribution is 2.22. The number of nitrogens with one attached hydrogen (secondary N) is 1. The van der Waals surface area contributed by atoms with Crippen LogP contribution < -0.4 is 10.1 Å². The molecule has 0 atom stereocenters. The van der Waals surface area contributed by atoms with Gasteiger partial charge in [0.15, 0.2) is 0 Å². The molecule has 0 fully saturated rings. The fraction of sp³-hybridized carbons (Fsp3) is 0.333. The molecule has 0 saturated carbocycles. The van der Waals surface area contributed by atoms with E-state index in [1.54, 1.807) is 0 Å². The van der Waals surface area contributed by atoms with Crippen molar-refractivity contribution >= 4 is 0 Å². The van der Waals surface area contributed by atoms with E-state index in [1.165, 1.54) is 5.56 Å². The van der Waals surface area contributed by atoms with Gasteiger partial charge in [-0.1, -0.05) is 31.2 Å². The average Bonchev–Trinajstić information content (AvgIpc) is 2.50. The topological polar surface area (TPSA) is 41.5 Å². The van der Waals surface area contributed by atoms with Crippen molar-refractivity contribution in [3.05, 3.63) is 59.7 Å². The summed E-state index contributed by atoms with van der Waals surface area (Å²) in [7, 11) is 0. The molecule has 2 rings (SSSR count). The monoisotopic (exact) mass is 285 g/mol. The molecule has 3 nitrogen and oxygen atoms in total. The molecule has 0 saturated heterocycles. The molecule has 3 heteroatoms. The Morgan fingerprint density at radius 3 is 2.52 bits per heavy atom. The molecule has 21 heavy (non-hydrogen) atoms. The summed E-state index contributed by atoms with van der Waals surface area (Å²) in [6.45, 7) is 4.22. The van der Waals surface area contributed by atoms with E-state index in [2.05, 4.69) is 24.4 Å². The molecular formula is C18H23NO2. The molecular weight excluding hydrogens is 262 g/mol. The van der Waals surface area contributed by atoms with Gasteiger partial charge >= 0.3 is 0 Å². The zero-order chi connectivity index (χ0) is 14.9. The molecule has 0 heterocycles. The lowest BCUT2D eigenvalue weighted by Gasteiger charge is -2.09. The van der Waals surface area contributed by atoms with E-state index < -0.39 is 0 Å². The first-order chi connectivity index (χ1) is 10.3. The minimum Gasteiger partial charge on any atom is -0.457 e. The average molecular weight is 285 g/mol. The second kappa shape index (κ2) is 8.45. The third-order valence-corrected chi connectivity index (χ3v) is 3.21. The van der Waals surface area contributed by atoms with Crippen molar-refractivity contribution in [1.29, 1.82) is 0 Å². The molecule has 0 radical (unpaired) electrons. The number of hydrogen-bond acceptors (Lipinski definition) is 3. The fourth-order valence-electron chi connectivity index (χ4n) is 2.12. The van der Waals surface area contributed by atoms with Gasteiger partial charge in [-0.15, -0.1) is 0 Å². The van der Waals surface area contributed by atoms with Crippen LogP contribution in [0.25, 0.3) is 0 Å². The van der Waals surface area contributed by atoms with Crippen LogP contribution in [0, 0.1) is 0 Å². The Morgan fingerprint density at radius 2 is 1.81 bits per heavy atom. The number of rotatable bonds is 8. The third-order valence-electron chi connectivity index (χ3n) is 3.21. The van der Waals surface area contributed by atoms with E-state index >= 15 is 0 Å². The third kappa shape index (κ3) is 5.21. The van der Waals surface area contributed by atoms with Gasteiger partial charge in [0, 0.05) is 13.2 Å². The van der Waals surface area contributed by atoms with Crippen molar-refractivity contribution in [2.45, 2.75) is 26.3 Å². The van der Waals surface area contributed by atoms with E-state index in [0.717, 1.165) is 36.6 Å². The highest BCUT2D eigenvalue weighted by atomic mass is 16.5. The first-order valence-corrected chi connectivity index (χ1v) is 7.49. The lowest BCUT2D eigenvalue weighted by atomic mass is 10.1. The minimum absolute atomic E-state index is 0.174. The second-order valence-corrected chi connectivity index (χ2v) is 5.04. The van der Waals surface area contributed by atoms with Crippen molar-refractivity contribution in [2.75, 3.05) is 13.2 Å². The SMILES string of the molecule is CCCNCc1cccc(Oc2ccc(CCO)cc2)c1. The largest absolute Gasteiger partial charge is 0.457 e. The summed E-state index contributed by atoms with van der Waals surface area (Å²) in [5, 5.41) is 12.3. The molecule has 0 aliphatic rings. The Morgan fingerprint density at radius 1 is 1.00 bits per heavy atom. The number of ether oxygens (including phenoxy) is 1. The summed E-state index contributed by atoms with van der Waals surface area (Å²) in [6.07, 6.45) is 1.81. The van der Waals surface area contributed by atoms with Crippen LogP contribution in [0.3, 0.4) is 0 Å². The van der Waals surface area contributed by atoms with Gasteiger partial charge in [0.25, 0.3) is 0 Å². The molecule has 2 aromatic carbocycles. The summed E-state index contributed by atoms with van der Waals surface area (Å²) >= 11 is 0. The van der Waals surface area contributed by atoms with Crippen LogP contribution in [0.4, 0.5) is 0 Å². The van der Waals surface area contributed by atoms with Gasteiger partial charge < -0.3 is 15.2 Å². The first-order valence-electron chi connectivity index (χ1n) is 7.49. The van der Waals surface area contributed by atoms with Gasteiger partial charge in [-0.05, 0) is 54.8 Å². The summed E-state index contributed by atoms with van der Waals surface area (Å²) in [6, 6.07) is 16.0. The first kappa shape index (κ1) is 15.5. The maximum Gasteiger partial charge on any atom is 0.127 e. The van der Waals surface area contributed by atoms with Gasteiger partial charge in [-0.25, -0.2) is 0 Å². The predicted molar refractivity (Wildman–Crippen MR) is 85.7 cm³/mol. The molecule has 2 N–H and O–H groups in total. The number of hydrogen-bond donors (Lipinski definition) is 2. The Labute approximate surface area is 126 Å². The van der Waals surface area contributed by atoms with E-state index in [4.69, 9.17) is 9.84 Å². The molecule has 0 spiro atoms. The normalized spacial score (nSPS) is 10.6. The number of benzene rings is 2. The molecule has 112 valence electrons. The van der Waals surface area contributed by atoms with Crippen LogP contribution >= 0.6 is 0 Å². The smallest absolute Gasteiger partial charge is 0.127 e. The molecule has 0 amide bonds. The zero-order valence-electron chi connectivity index (χ0n) is 12.5. The number of aliphatic hydroxyl groups excluding tert-OH is 1. The Balaban J connectivity index is 1.96. The van der Waals surface area contributed by atoms with Gasteiger partial charge in [-0.2, -0.15) is 0 Å². The summed E-state index contributed by atoms with van der Waals surface area (Å²) in [5.74, 6) is 1.66. The second-order valence-electron chi connectivity index (χ2n) is 5.04. The molecule has 0 aromatic heterocycles. The molecule has 0 aliphatic heterocycles. The van der Waals surface area contributed by atoms with Crippen molar-refractivity contribution in [2.24, 2.45) is 0 Å². The molecule has 0 aliphatic carbocycles. The van der Waals surface area contributed by atoms with Crippen molar-refractivity contribution in [1.82, 2.24) is 5.32 Å². The fourth-order valence-corrected chi connectivity index (χ4v) is 2.12. The molecule has 2 aromatic rings. The Kier molecular flexibility index (Phi) is 6.25. The van der Waals surface area contributed by atoms with Crippen LogP contribution in [-0.4, -0.2) is 18.3 Å². The van der Waals surface area contributed by atoms with Crippen molar-refractivity contribution in [3.8, 4) is 11.5 Å². The van der Waals surface area contributed by atoms with Gasteiger partial charge in [-0.3, -0.25) is 0 Å². The van der Waals surface area contributed by atoms with Crippen LogP contribution in [0.2, 0.25) is 0 Å². The summed E-state index contributed by atoms with van der Waals surface area (Å²) < 4.78 is 5.87. The zero-order valence-corrected chi connectivity index (χ0v) is 12.5. The summed E-state index contributed by atoms with van der Waals surface area (Å²) in [5.41, 5.74) is 2.33. The van der Waals surface area contributed by atoms with Crippen LogP contribution in [0.1, 0.15) is 24.5 Å². The Hall–Kier alpha value is -1.84. The lowest BCUT2D eigenvalue weighted by molar-refractivity contribution is 0.299. The highest BCUT2D eigenvalue weighted by Gasteiger charge is 2.00. The van der Waals surface area contributed by atoms with E-state index in [9.17, 15) is 0 Å². The van der Waals surface area contributed by atoms with E-state index in [0.29, 0.717) is 6.42 Å². The van der Waals surface area contributed by atoms with Gasteiger partial charge in [0.2, 0.25) is 0 Å². The van der Waals surface area contributed by atoms with Crippen molar-refractivity contribution in [3.63, 3.8) is 0 Å². The molecule has 0 bridgehead atoms. The molecule has 0 unspecified atom stereocenters. The lowest BCUT2D eigenvalue weighted by Crippen LogP contribution is -2.13.